The number of aromatic nitrogens is 1. The fourth-order valence-electron chi connectivity index (χ4n) is 1.40. The van der Waals surface area contributed by atoms with Gasteiger partial charge in [0.2, 0.25) is 0 Å². The van der Waals surface area contributed by atoms with Crippen LogP contribution in [0.2, 0.25) is 0 Å². The highest BCUT2D eigenvalue weighted by molar-refractivity contribution is 7.13. The molecule has 0 aliphatic carbocycles. The fourth-order valence-corrected chi connectivity index (χ4v) is 1.93. The Bertz CT molecular complexity index is 605. The minimum atomic E-state index is -0.710. The summed E-state index contributed by atoms with van der Waals surface area (Å²) in [7, 11) is 0. The van der Waals surface area contributed by atoms with Crippen molar-refractivity contribution in [2.24, 2.45) is 0 Å². The lowest BCUT2D eigenvalue weighted by Gasteiger charge is -2.14. The number of hydrogen-bond acceptors (Lipinski definition) is 5. The first-order valence-corrected chi connectivity index (χ1v) is 6.45. The summed E-state index contributed by atoms with van der Waals surface area (Å²) in [6.07, 6.45) is 0.898. The predicted octanol–water partition coefficient (Wildman–Crippen LogP) is 2.42. The minimum absolute atomic E-state index is 0.303. The molecule has 2 aromatic rings. The van der Waals surface area contributed by atoms with Crippen LogP contribution in [-0.4, -0.2) is 17.0 Å². The molecule has 0 bridgehead atoms. The zero-order valence-corrected chi connectivity index (χ0v) is 11.0. The number of hydrogen-bond donors (Lipinski definition) is 1. The van der Waals surface area contributed by atoms with E-state index in [-0.39, 0.29) is 5.91 Å². The van der Waals surface area contributed by atoms with Crippen molar-refractivity contribution in [1.29, 1.82) is 5.26 Å². The highest BCUT2D eigenvalue weighted by Gasteiger charge is 2.17. The van der Waals surface area contributed by atoms with Crippen LogP contribution in [0.1, 0.15) is 12.5 Å². The number of amides is 1. The van der Waals surface area contributed by atoms with E-state index in [0.29, 0.717) is 16.4 Å². The van der Waals surface area contributed by atoms with E-state index < -0.39 is 6.10 Å². The molecule has 0 spiro atoms. The van der Waals surface area contributed by atoms with Crippen molar-refractivity contribution in [3.63, 3.8) is 0 Å². The third-order valence-corrected chi connectivity index (χ3v) is 3.03. The van der Waals surface area contributed by atoms with E-state index in [1.165, 1.54) is 11.3 Å². The van der Waals surface area contributed by atoms with Gasteiger partial charge < -0.3 is 4.74 Å². The van der Waals surface area contributed by atoms with Crippen LogP contribution >= 0.6 is 11.3 Å². The molecule has 1 aromatic heterocycles. The Kier molecular flexibility index (Phi) is 4.11. The van der Waals surface area contributed by atoms with Crippen LogP contribution in [0.25, 0.3) is 0 Å². The van der Waals surface area contributed by atoms with E-state index in [9.17, 15) is 4.79 Å². The van der Waals surface area contributed by atoms with Crippen LogP contribution in [-0.2, 0) is 4.79 Å². The van der Waals surface area contributed by atoms with E-state index in [2.05, 4.69) is 10.3 Å². The Balaban J connectivity index is 2.02. The molecule has 0 fully saturated rings. The van der Waals surface area contributed by atoms with Crippen LogP contribution < -0.4 is 10.1 Å². The molecule has 0 radical (unpaired) electrons. The molecule has 0 aliphatic heterocycles. The predicted molar refractivity (Wildman–Crippen MR) is 72.0 cm³/mol. The average molecular weight is 273 g/mol. The first-order chi connectivity index (χ1) is 9.20. The van der Waals surface area contributed by atoms with Gasteiger partial charge in [-0.2, -0.15) is 5.26 Å². The number of benzene rings is 1. The summed E-state index contributed by atoms with van der Waals surface area (Å²) in [5, 5.41) is 13.9. The molecule has 1 heterocycles. The van der Waals surface area contributed by atoms with Gasteiger partial charge in [0.1, 0.15) is 11.8 Å². The zero-order chi connectivity index (χ0) is 13.7. The standard InChI is InChI=1S/C13H11N3O2S/c1-9(12(17)16-13-15-6-7-19-13)18-11-5-3-2-4-10(11)8-14/h2-7,9H,1H3,(H,15,16,17)/t9-/m0/s1. The van der Waals surface area contributed by atoms with Gasteiger partial charge in [0.15, 0.2) is 11.2 Å². The highest BCUT2D eigenvalue weighted by atomic mass is 32.1. The van der Waals surface area contributed by atoms with E-state index in [1.54, 1.807) is 42.8 Å². The summed E-state index contributed by atoms with van der Waals surface area (Å²) >= 11 is 1.33. The van der Waals surface area contributed by atoms with Gasteiger partial charge >= 0.3 is 0 Å². The summed E-state index contributed by atoms with van der Waals surface area (Å²) in [6.45, 7) is 1.62. The Morgan fingerprint density at radius 3 is 3.00 bits per heavy atom. The first-order valence-electron chi connectivity index (χ1n) is 5.57. The van der Waals surface area contributed by atoms with Crippen molar-refractivity contribution >= 4 is 22.4 Å². The largest absolute Gasteiger partial charge is 0.480 e. The molecule has 96 valence electrons. The van der Waals surface area contributed by atoms with Crippen molar-refractivity contribution in [2.45, 2.75) is 13.0 Å². The molecule has 1 N–H and O–H groups in total. The number of ether oxygens (including phenoxy) is 1. The quantitative estimate of drug-likeness (QED) is 0.928. The van der Waals surface area contributed by atoms with Crippen LogP contribution in [0.3, 0.4) is 0 Å². The number of anilines is 1. The Morgan fingerprint density at radius 2 is 2.32 bits per heavy atom. The number of rotatable bonds is 4. The number of nitrogens with one attached hydrogen (secondary N) is 1. The number of nitriles is 1. The van der Waals surface area contributed by atoms with E-state index in [0.717, 1.165) is 0 Å². The normalized spacial score (nSPS) is 11.4. The summed E-state index contributed by atoms with van der Waals surface area (Å²) < 4.78 is 5.49. The SMILES string of the molecule is C[C@H](Oc1ccccc1C#N)C(=O)Nc1nccs1. The van der Waals surface area contributed by atoms with Gasteiger partial charge in [-0.05, 0) is 19.1 Å². The second-order valence-corrected chi connectivity index (χ2v) is 4.59. The van der Waals surface area contributed by atoms with Crippen molar-refractivity contribution < 1.29 is 9.53 Å². The van der Waals surface area contributed by atoms with Crippen molar-refractivity contribution in [3.8, 4) is 11.8 Å². The monoisotopic (exact) mass is 273 g/mol. The Labute approximate surface area is 114 Å². The summed E-state index contributed by atoms with van der Waals surface area (Å²) in [5.41, 5.74) is 0.399. The van der Waals surface area contributed by atoms with Crippen LogP contribution in [0.4, 0.5) is 5.13 Å². The number of para-hydroxylation sites is 1. The van der Waals surface area contributed by atoms with Crippen molar-refractivity contribution in [1.82, 2.24) is 4.98 Å². The molecule has 6 heteroatoms. The van der Waals surface area contributed by atoms with Gasteiger partial charge in [-0.25, -0.2) is 4.98 Å². The second-order valence-electron chi connectivity index (χ2n) is 3.69. The van der Waals surface area contributed by atoms with Gasteiger partial charge in [-0.15, -0.1) is 11.3 Å². The molecule has 5 nitrogen and oxygen atoms in total. The molecule has 1 aromatic carbocycles. The summed E-state index contributed by atoms with van der Waals surface area (Å²) in [6, 6.07) is 8.81. The van der Waals surface area contributed by atoms with Gasteiger partial charge in [-0.1, -0.05) is 12.1 Å². The third kappa shape index (κ3) is 3.30. The van der Waals surface area contributed by atoms with E-state index in [1.807, 2.05) is 6.07 Å². The summed E-state index contributed by atoms with van der Waals surface area (Å²) in [4.78, 5) is 15.8. The average Bonchev–Trinajstić information content (AvgIpc) is 2.92. The molecule has 1 amide bonds. The third-order valence-electron chi connectivity index (χ3n) is 2.34. The second kappa shape index (κ2) is 5.98. The molecule has 0 saturated carbocycles. The number of nitrogens with zero attached hydrogens (tertiary/aromatic N) is 2. The number of carbonyl (C=O) groups excluding carboxylic acids is 1. The van der Waals surface area contributed by atoms with Crippen LogP contribution in [0.5, 0.6) is 5.75 Å². The molecule has 0 unspecified atom stereocenters. The first kappa shape index (κ1) is 13.1. The molecule has 0 saturated heterocycles. The zero-order valence-electron chi connectivity index (χ0n) is 10.2. The molecular formula is C13H11N3O2S. The fraction of sp³-hybridized carbons (Fsp3) is 0.154. The Morgan fingerprint density at radius 1 is 1.53 bits per heavy atom. The lowest BCUT2D eigenvalue weighted by Crippen LogP contribution is -2.30. The van der Waals surface area contributed by atoms with Gasteiger partial charge in [-0.3, -0.25) is 10.1 Å². The maximum Gasteiger partial charge on any atom is 0.266 e. The molecule has 2 rings (SSSR count). The molecule has 0 aliphatic rings. The molecule has 19 heavy (non-hydrogen) atoms. The van der Waals surface area contributed by atoms with Gasteiger partial charge in [0, 0.05) is 11.6 Å². The van der Waals surface area contributed by atoms with Crippen LogP contribution in [0, 0.1) is 11.3 Å². The van der Waals surface area contributed by atoms with Gasteiger partial charge in [0.25, 0.3) is 5.91 Å². The summed E-state index contributed by atoms with van der Waals surface area (Å²) in [5.74, 6) is 0.0921. The minimum Gasteiger partial charge on any atom is -0.480 e. The highest BCUT2D eigenvalue weighted by Crippen LogP contribution is 2.19. The maximum absolute atomic E-state index is 11.9. The lowest BCUT2D eigenvalue weighted by molar-refractivity contribution is -0.122. The Hall–Kier alpha value is -2.39. The van der Waals surface area contributed by atoms with Crippen LogP contribution in [0.15, 0.2) is 35.8 Å². The van der Waals surface area contributed by atoms with Gasteiger partial charge in [0.05, 0.1) is 5.56 Å². The number of carbonyl (C=O) groups is 1. The smallest absolute Gasteiger partial charge is 0.266 e. The molecule has 1 atom stereocenters. The van der Waals surface area contributed by atoms with E-state index in [4.69, 9.17) is 10.00 Å². The lowest BCUT2D eigenvalue weighted by atomic mass is 10.2. The van der Waals surface area contributed by atoms with Crippen molar-refractivity contribution in [3.05, 3.63) is 41.4 Å². The topological polar surface area (TPSA) is 75.0 Å². The van der Waals surface area contributed by atoms with Crippen molar-refractivity contribution in [2.75, 3.05) is 5.32 Å². The maximum atomic E-state index is 11.9. The number of thiazole rings is 1. The molecular weight excluding hydrogens is 262 g/mol. The van der Waals surface area contributed by atoms with E-state index >= 15 is 0 Å².